The monoisotopic (exact) mass is 251 g/mol. The van der Waals surface area contributed by atoms with E-state index in [9.17, 15) is 4.79 Å². The molecule has 5 heteroatoms. The fourth-order valence-electron chi connectivity index (χ4n) is 1.79. The summed E-state index contributed by atoms with van der Waals surface area (Å²) >= 11 is 0. The second kappa shape index (κ2) is 5.82. The molecular formula is C13H17NO4. The zero-order chi connectivity index (χ0) is 13.0. The molecule has 2 rings (SSSR count). The van der Waals surface area contributed by atoms with Crippen molar-refractivity contribution in [2.24, 2.45) is 0 Å². The first-order chi connectivity index (χ1) is 8.70. The molecule has 1 saturated carbocycles. The van der Waals surface area contributed by atoms with Gasteiger partial charge in [-0.2, -0.15) is 0 Å². The van der Waals surface area contributed by atoms with Crippen molar-refractivity contribution in [1.82, 2.24) is 4.98 Å². The molecule has 1 N–H and O–H groups in total. The summed E-state index contributed by atoms with van der Waals surface area (Å²) in [5.41, 5.74) is 1.61. The Balaban J connectivity index is 2.12. The molecule has 5 nitrogen and oxygen atoms in total. The van der Waals surface area contributed by atoms with Crippen molar-refractivity contribution >= 4 is 5.97 Å². The molecule has 0 radical (unpaired) electrons. The lowest BCUT2D eigenvalue weighted by Gasteiger charge is -2.10. The first-order valence-corrected chi connectivity index (χ1v) is 6.04. The number of carbonyl (C=O) groups is 1. The van der Waals surface area contributed by atoms with Gasteiger partial charge in [0.25, 0.3) is 0 Å². The molecule has 0 bridgehead atoms. The van der Waals surface area contributed by atoms with Crippen molar-refractivity contribution < 1.29 is 19.4 Å². The third-order valence-electron chi connectivity index (χ3n) is 2.82. The van der Waals surface area contributed by atoms with E-state index >= 15 is 0 Å². The summed E-state index contributed by atoms with van der Waals surface area (Å²) in [6.45, 7) is 0.925. The van der Waals surface area contributed by atoms with Gasteiger partial charge in [0.1, 0.15) is 6.61 Å². The standard InChI is InChI=1S/C13H17NO4/c1-17-6-7-18-13-11(9-2-3-9)5-4-10(14-13)8-12(15)16/h4-5,9H,2-3,6-8H2,1H3,(H,15,16). The van der Waals surface area contributed by atoms with Crippen LogP contribution in [0.1, 0.15) is 30.0 Å². The van der Waals surface area contributed by atoms with Gasteiger partial charge in [0.15, 0.2) is 0 Å². The van der Waals surface area contributed by atoms with Gasteiger partial charge in [0.05, 0.1) is 18.7 Å². The van der Waals surface area contributed by atoms with Crippen LogP contribution in [0.2, 0.25) is 0 Å². The molecule has 1 aliphatic carbocycles. The van der Waals surface area contributed by atoms with Gasteiger partial charge in [-0.15, -0.1) is 0 Å². The number of pyridine rings is 1. The zero-order valence-electron chi connectivity index (χ0n) is 10.4. The quantitative estimate of drug-likeness (QED) is 0.746. The smallest absolute Gasteiger partial charge is 0.309 e. The van der Waals surface area contributed by atoms with E-state index in [1.54, 1.807) is 13.2 Å². The van der Waals surface area contributed by atoms with Crippen LogP contribution in [0.4, 0.5) is 0 Å². The van der Waals surface area contributed by atoms with E-state index in [0.717, 1.165) is 18.4 Å². The zero-order valence-corrected chi connectivity index (χ0v) is 10.4. The molecule has 18 heavy (non-hydrogen) atoms. The van der Waals surface area contributed by atoms with Gasteiger partial charge in [-0.25, -0.2) is 4.98 Å². The molecule has 1 aromatic rings. The van der Waals surface area contributed by atoms with E-state index < -0.39 is 5.97 Å². The van der Waals surface area contributed by atoms with E-state index in [4.69, 9.17) is 14.6 Å². The average Bonchev–Trinajstić information content (AvgIpc) is 3.13. The Morgan fingerprint density at radius 2 is 2.22 bits per heavy atom. The summed E-state index contributed by atoms with van der Waals surface area (Å²) in [7, 11) is 1.61. The lowest BCUT2D eigenvalue weighted by molar-refractivity contribution is -0.136. The largest absolute Gasteiger partial charge is 0.481 e. The predicted molar refractivity (Wildman–Crippen MR) is 64.9 cm³/mol. The van der Waals surface area contributed by atoms with E-state index in [-0.39, 0.29) is 6.42 Å². The minimum Gasteiger partial charge on any atom is -0.481 e. The summed E-state index contributed by atoms with van der Waals surface area (Å²) in [5.74, 6) is 0.201. The Morgan fingerprint density at radius 3 is 2.83 bits per heavy atom. The van der Waals surface area contributed by atoms with Crippen molar-refractivity contribution in [1.29, 1.82) is 0 Å². The van der Waals surface area contributed by atoms with E-state index in [1.807, 2.05) is 6.07 Å². The molecule has 98 valence electrons. The van der Waals surface area contributed by atoms with Crippen LogP contribution in [0.5, 0.6) is 5.88 Å². The molecular weight excluding hydrogens is 234 g/mol. The summed E-state index contributed by atoms with van der Waals surface area (Å²) < 4.78 is 10.5. The van der Waals surface area contributed by atoms with Crippen LogP contribution in [0.3, 0.4) is 0 Å². The van der Waals surface area contributed by atoms with Crippen molar-refractivity contribution in [3.8, 4) is 5.88 Å². The number of nitrogens with zero attached hydrogens (tertiary/aromatic N) is 1. The van der Waals surface area contributed by atoms with Crippen molar-refractivity contribution in [2.75, 3.05) is 20.3 Å². The SMILES string of the molecule is COCCOc1nc(CC(=O)O)ccc1C1CC1. The van der Waals surface area contributed by atoms with Gasteiger partial charge in [0.2, 0.25) is 5.88 Å². The molecule has 0 aromatic carbocycles. The van der Waals surface area contributed by atoms with Crippen LogP contribution in [0.15, 0.2) is 12.1 Å². The number of aliphatic carboxylic acids is 1. The minimum atomic E-state index is -0.885. The normalized spacial score (nSPS) is 14.5. The summed E-state index contributed by atoms with van der Waals surface area (Å²) in [6.07, 6.45) is 2.23. The number of carboxylic acid groups (broad SMARTS) is 1. The second-order valence-corrected chi connectivity index (χ2v) is 4.38. The Bertz CT molecular complexity index is 429. The van der Waals surface area contributed by atoms with Crippen LogP contribution in [-0.2, 0) is 16.0 Å². The number of hydrogen-bond acceptors (Lipinski definition) is 4. The molecule has 0 amide bonds. The van der Waals surface area contributed by atoms with Crippen molar-refractivity contribution in [3.63, 3.8) is 0 Å². The third kappa shape index (κ3) is 3.43. The van der Waals surface area contributed by atoms with Crippen LogP contribution in [-0.4, -0.2) is 36.4 Å². The number of hydrogen-bond donors (Lipinski definition) is 1. The Kier molecular flexibility index (Phi) is 4.15. The highest BCUT2D eigenvalue weighted by molar-refractivity contribution is 5.69. The maximum Gasteiger partial charge on any atom is 0.309 e. The van der Waals surface area contributed by atoms with Crippen LogP contribution in [0.25, 0.3) is 0 Å². The molecule has 1 heterocycles. The number of rotatable bonds is 7. The lowest BCUT2D eigenvalue weighted by Crippen LogP contribution is -2.09. The van der Waals surface area contributed by atoms with Gasteiger partial charge < -0.3 is 14.6 Å². The third-order valence-corrected chi connectivity index (χ3v) is 2.82. The Hall–Kier alpha value is -1.62. The molecule has 0 unspecified atom stereocenters. The predicted octanol–water partition coefficient (Wildman–Crippen LogP) is 1.61. The number of ether oxygens (including phenoxy) is 2. The van der Waals surface area contributed by atoms with E-state index in [0.29, 0.717) is 30.7 Å². The van der Waals surface area contributed by atoms with Crippen molar-refractivity contribution in [2.45, 2.75) is 25.2 Å². The summed E-state index contributed by atoms with van der Waals surface area (Å²) in [6, 6.07) is 3.70. The van der Waals surface area contributed by atoms with Crippen LogP contribution in [0, 0.1) is 0 Å². The molecule has 0 saturated heterocycles. The van der Waals surface area contributed by atoms with Gasteiger partial charge in [-0.3, -0.25) is 4.79 Å². The number of methoxy groups -OCH3 is 1. The summed E-state index contributed by atoms with van der Waals surface area (Å²) in [5, 5.41) is 8.76. The fraction of sp³-hybridized carbons (Fsp3) is 0.538. The van der Waals surface area contributed by atoms with Crippen LogP contribution < -0.4 is 4.74 Å². The minimum absolute atomic E-state index is 0.0778. The van der Waals surface area contributed by atoms with E-state index in [2.05, 4.69) is 4.98 Å². The first-order valence-electron chi connectivity index (χ1n) is 6.04. The average molecular weight is 251 g/mol. The molecule has 1 fully saturated rings. The van der Waals surface area contributed by atoms with Crippen molar-refractivity contribution in [3.05, 3.63) is 23.4 Å². The molecule has 0 atom stereocenters. The molecule has 0 aliphatic heterocycles. The number of aromatic nitrogens is 1. The van der Waals surface area contributed by atoms with Gasteiger partial charge in [-0.1, -0.05) is 6.07 Å². The van der Waals surface area contributed by atoms with E-state index in [1.165, 1.54) is 0 Å². The molecule has 0 spiro atoms. The second-order valence-electron chi connectivity index (χ2n) is 4.38. The van der Waals surface area contributed by atoms with Gasteiger partial charge >= 0.3 is 5.97 Å². The highest BCUT2D eigenvalue weighted by atomic mass is 16.5. The lowest BCUT2D eigenvalue weighted by atomic mass is 10.1. The fourth-order valence-corrected chi connectivity index (χ4v) is 1.79. The first kappa shape index (κ1) is 12.8. The Labute approximate surface area is 106 Å². The molecule has 1 aromatic heterocycles. The van der Waals surface area contributed by atoms with Gasteiger partial charge in [-0.05, 0) is 24.8 Å². The maximum absolute atomic E-state index is 10.7. The highest BCUT2D eigenvalue weighted by Gasteiger charge is 2.27. The maximum atomic E-state index is 10.7. The number of carboxylic acids is 1. The van der Waals surface area contributed by atoms with Gasteiger partial charge in [0, 0.05) is 12.7 Å². The highest BCUT2D eigenvalue weighted by Crippen LogP contribution is 2.43. The summed E-state index contributed by atoms with van der Waals surface area (Å²) in [4.78, 5) is 15.0. The molecule has 1 aliphatic rings. The van der Waals surface area contributed by atoms with Crippen LogP contribution >= 0.6 is 0 Å². The Morgan fingerprint density at radius 1 is 1.44 bits per heavy atom. The topological polar surface area (TPSA) is 68.7 Å².